The summed E-state index contributed by atoms with van der Waals surface area (Å²) >= 11 is 0. The third-order valence-electron chi connectivity index (χ3n) is 7.68. The second-order valence-electron chi connectivity index (χ2n) is 10.3. The number of aromatic hydroxyl groups is 2. The minimum Gasteiger partial charge on any atom is -0.508 e. The molecular formula is C33H38O6. The van der Waals surface area contributed by atoms with Gasteiger partial charge in [-0.15, -0.1) is 0 Å². The largest absolute Gasteiger partial charge is 0.508 e. The number of fused-ring (bicyclic) bond motifs is 1. The van der Waals surface area contributed by atoms with Gasteiger partial charge in [0.15, 0.2) is 5.60 Å². The number of aromatic carboxylic acids is 1. The van der Waals surface area contributed by atoms with Crippen molar-refractivity contribution in [3.63, 3.8) is 0 Å². The van der Waals surface area contributed by atoms with E-state index in [0.29, 0.717) is 42.4 Å². The number of ether oxygens (including phenoxy) is 1. The quantitative estimate of drug-likeness (QED) is 0.229. The Hall–Kier alpha value is -3.80. The number of hydrogen-bond acceptors (Lipinski definition) is 5. The van der Waals surface area contributed by atoms with Gasteiger partial charge in [-0.05, 0) is 72.2 Å². The van der Waals surface area contributed by atoms with Crippen molar-refractivity contribution in [1.82, 2.24) is 0 Å². The average Bonchev–Trinajstić information content (AvgIpc) is 3.21. The van der Waals surface area contributed by atoms with Crippen LogP contribution in [-0.4, -0.2) is 27.3 Å². The Labute approximate surface area is 230 Å². The number of esters is 1. The molecule has 0 spiro atoms. The van der Waals surface area contributed by atoms with Gasteiger partial charge >= 0.3 is 11.9 Å². The van der Waals surface area contributed by atoms with Crippen LogP contribution in [0.2, 0.25) is 0 Å². The Morgan fingerprint density at radius 1 is 0.718 bits per heavy atom. The molecule has 0 aliphatic carbocycles. The number of carboxylic acid groups (broad SMARTS) is 1. The maximum atomic E-state index is 13.6. The molecule has 6 nitrogen and oxygen atoms in total. The van der Waals surface area contributed by atoms with Gasteiger partial charge in [-0.3, -0.25) is 0 Å². The number of hydrogen-bond donors (Lipinski definition) is 3. The highest BCUT2D eigenvalue weighted by Crippen LogP contribution is 2.53. The summed E-state index contributed by atoms with van der Waals surface area (Å²) in [5, 5.41) is 32.2. The fourth-order valence-electron chi connectivity index (χ4n) is 6.20. The molecule has 0 fully saturated rings. The predicted molar refractivity (Wildman–Crippen MR) is 151 cm³/mol. The molecule has 39 heavy (non-hydrogen) atoms. The third-order valence-corrected chi connectivity index (χ3v) is 7.68. The number of benzene rings is 3. The van der Waals surface area contributed by atoms with E-state index in [9.17, 15) is 24.9 Å². The van der Waals surface area contributed by atoms with Gasteiger partial charge in [0.25, 0.3) is 0 Å². The van der Waals surface area contributed by atoms with E-state index in [1.807, 2.05) is 13.8 Å². The number of cyclic esters (lactones) is 1. The molecule has 3 aromatic rings. The molecule has 206 valence electrons. The molecule has 3 N–H and O–H groups in total. The second-order valence-corrected chi connectivity index (χ2v) is 10.3. The number of rotatable bonds is 11. The Kier molecular flexibility index (Phi) is 8.34. The van der Waals surface area contributed by atoms with Crippen molar-refractivity contribution >= 4 is 11.9 Å². The molecule has 0 unspecified atom stereocenters. The first-order valence-corrected chi connectivity index (χ1v) is 14.0. The summed E-state index contributed by atoms with van der Waals surface area (Å²) in [4.78, 5) is 26.2. The van der Waals surface area contributed by atoms with Crippen molar-refractivity contribution < 1.29 is 29.6 Å². The Morgan fingerprint density at radius 2 is 1.18 bits per heavy atom. The fraction of sp³-hybridized carbons (Fsp3) is 0.394. The Morgan fingerprint density at radius 3 is 1.62 bits per heavy atom. The van der Waals surface area contributed by atoms with Gasteiger partial charge in [0.2, 0.25) is 0 Å². The summed E-state index contributed by atoms with van der Waals surface area (Å²) in [6, 6.07) is 11.5. The van der Waals surface area contributed by atoms with E-state index >= 15 is 0 Å². The monoisotopic (exact) mass is 530 g/mol. The van der Waals surface area contributed by atoms with E-state index in [-0.39, 0.29) is 22.6 Å². The van der Waals surface area contributed by atoms with Gasteiger partial charge in [-0.25, -0.2) is 9.59 Å². The summed E-state index contributed by atoms with van der Waals surface area (Å²) in [6.07, 6.45) is 5.66. The number of carbonyl (C=O) groups is 2. The average molecular weight is 531 g/mol. The lowest BCUT2D eigenvalue weighted by Crippen LogP contribution is -2.34. The van der Waals surface area contributed by atoms with E-state index in [1.165, 1.54) is 6.07 Å². The fourth-order valence-corrected chi connectivity index (χ4v) is 6.20. The molecule has 0 radical (unpaired) electrons. The highest BCUT2D eigenvalue weighted by Gasteiger charge is 2.53. The minimum absolute atomic E-state index is 0.00141. The molecule has 6 heteroatoms. The predicted octanol–water partition coefficient (Wildman–Crippen LogP) is 7.07. The van der Waals surface area contributed by atoms with Crippen LogP contribution < -0.4 is 0 Å². The van der Waals surface area contributed by atoms with Gasteiger partial charge in [0.05, 0.1) is 11.1 Å². The van der Waals surface area contributed by atoms with Crippen molar-refractivity contribution in [2.75, 3.05) is 0 Å². The van der Waals surface area contributed by atoms with Gasteiger partial charge in [-0.2, -0.15) is 0 Å². The third kappa shape index (κ3) is 4.66. The molecule has 0 aromatic heterocycles. The van der Waals surface area contributed by atoms with Crippen molar-refractivity contribution in [2.24, 2.45) is 0 Å². The highest BCUT2D eigenvalue weighted by molar-refractivity contribution is 6.02. The summed E-state index contributed by atoms with van der Waals surface area (Å²) in [5.41, 5.74) is 3.61. The summed E-state index contributed by atoms with van der Waals surface area (Å²) in [6.45, 7) is 8.19. The Balaban J connectivity index is 2.26. The van der Waals surface area contributed by atoms with E-state index in [1.54, 1.807) is 36.4 Å². The van der Waals surface area contributed by atoms with Crippen LogP contribution in [0.5, 0.6) is 11.5 Å². The topological polar surface area (TPSA) is 104 Å². The van der Waals surface area contributed by atoms with Crippen LogP contribution in [0, 0.1) is 0 Å². The van der Waals surface area contributed by atoms with Gasteiger partial charge in [0.1, 0.15) is 11.5 Å². The lowest BCUT2D eigenvalue weighted by Gasteiger charge is -2.36. The summed E-state index contributed by atoms with van der Waals surface area (Å²) in [7, 11) is 0. The van der Waals surface area contributed by atoms with Crippen LogP contribution in [0.15, 0.2) is 42.5 Å². The normalized spacial score (nSPS) is 13.8. The number of phenols is 2. The van der Waals surface area contributed by atoms with Crippen molar-refractivity contribution in [3.05, 3.63) is 92.5 Å². The van der Waals surface area contributed by atoms with E-state index in [0.717, 1.165) is 47.9 Å². The number of phenolic OH excluding ortho intramolecular Hbond substituents is 2. The van der Waals surface area contributed by atoms with Crippen molar-refractivity contribution in [2.45, 2.75) is 84.7 Å². The SMILES string of the molecule is CCCc1c(O)ccc(C2(c3ccc(O)c(CCC)c3CCC)OC(=O)c3cccc(C(=O)O)c32)c1CCC. The van der Waals surface area contributed by atoms with Crippen LogP contribution in [0.25, 0.3) is 0 Å². The zero-order chi connectivity index (χ0) is 28.3. The maximum absolute atomic E-state index is 13.6. The van der Waals surface area contributed by atoms with E-state index in [4.69, 9.17) is 4.74 Å². The molecule has 3 aromatic carbocycles. The zero-order valence-corrected chi connectivity index (χ0v) is 23.3. The first kappa shape index (κ1) is 28.2. The summed E-state index contributed by atoms with van der Waals surface area (Å²) < 4.78 is 6.44. The number of carboxylic acids is 1. The van der Waals surface area contributed by atoms with Gasteiger partial charge < -0.3 is 20.1 Å². The van der Waals surface area contributed by atoms with E-state index < -0.39 is 17.5 Å². The standard InChI is InChI=1S/C33H38O6/c1-5-10-20-22(12-7-3)28(34)18-16-26(20)33(27-17-19-29(35)23(13-8-4)21(27)11-6-2)30-24(31(36)37)14-9-15-25(30)32(38)39-33/h9,14-19,34-35H,5-8,10-13H2,1-4H3,(H,36,37). The molecule has 1 heterocycles. The molecule has 0 atom stereocenters. The Bertz CT molecular complexity index is 1340. The molecule has 1 aliphatic heterocycles. The van der Waals surface area contributed by atoms with Crippen LogP contribution in [0.1, 0.15) is 113 Å². The molecule has 0 amide bonds. The zero-order valence-electron chi connectivity index (χ0n) is 23.3. The maximum Gasteiger partial charge on any atom is 0.340 e. The van der Waals surface area contributed by atoms with Crippen molar-refractivity contribution in [3.8, 4) is 11.5 Å². The van der Waals surface area contributed by atoms with Crippen LogP contribution >= 0.6 is 0 Å². The van der Waals surface area contributed by atoms with Gasteiger partial charge in [-0.1, -0.05) is 71.6 Å². The lowest BCUT2D eigenvalue weighted by molar-refractivity contribution is 0.0240. The molecule has 0 bridgehead atoms. The van der Waals surface area contributed by atoms with Crippen LogP contribution in [-0.2, 0) is 36.0 Å². The van der Waals surface area contributed by atoms with Crippen molar-refractivity contribution in [1.29, 1.82) is 0 Å². The number of carbonyl (C=O) groups excluding carboxylic acids is 1. The van der Waals surface area contributed by atoms with Crippen LogP contribution in [0.4, 0.5) is 0 Å². The molecular weight excluding hydrogens is 492 g/mol. The van der Waals surface area contributed by atoms with Crippen LogP contribution in [0.3, 0.4) is 0 Å². The highest BCUT2D eigenvalue weighted by atomic mass is 16.6. The first-order valence-electron chi connectivity index (χ1n) is 14.0. The molecule has 0 saturated heterocycles. The molecule has 0 saturated carbocycles. The second kappa shape index (κ2) is 11.5. The summed E-state index contributed by atoms with van der Waals surface area (Å²) in [5.74, 6) is -1.38. The smallest absolute Gasteiger partial charge is 0.340 e. The molecule has 1 aliphatic rings. The minimum atomic E-state index is -1.55. The van der Waals surface area contributed by atoms with Gasteiger partial charge in [0, 0.05) is 16.7 Å². The lowest BCUT2D eigenvalue weighted by atomic mass is 9.71. The molecule has 4 rings (SSSR count). The van der Waals surface area contributed by atoms with E-state index in [2.05, 4.69) is 13.8 Å². The first-order chi connectivity index (χ1) is 18.8.